The standard InChI is InChI=1S/C18H34O2.C5H11NO/c1-2-3-4-5-6-7-8-9-10-11-12-13-14-15-16-17-18(19)20;6-5(7)3-4-1-2-4/h9-10H,2-8,11-17H2,1H3,(H,19,20);4-5,7H,1-3,6H2/b10-9-;. The molecule has 4 nitrogen and oxygen atoms in total. The van der Waals surface area contributed by atoms with Crippen LogP contribution in [0, 0.1) is 5.92 Å². The van der Waals surface area contributed by atoms with Crippen molar-refractivity contribution in [3.63, 3.8) is 0 Å². The number of rotatable bonds is 17. The number of aliphatic hydroxyl groups is 1. The monoisotopic (exact) mass is 383 g/mol. The van der Waals surface area contributed by atoms with Gasteiger partial charge in [-0.3, -0.25) is 4.79 Å². The minimum Gasteiger partial charge on any atom is -0.481 e. The maximum absolute atomic E-state index is 10.3. The number of nitrogens with two attached hydrogens (primary N) is 1. The Hall–Kier alpha value is -0.870. The van der Waals surface area contributed by atoms with Crippen LogP contribution in [0.1, 0.15) is 116 Å². The molecule has 0 saturated heterocycles. The molecule has 4 heteroatoms. The van der Waals surface area contributed by atoms with Crippen LogP contribution < -0.4 is 5.73 Å². The first-order valence-corrected chi connectivity index (χ1v) is 11.4. The van der Waals surface area contributed by atoms with Crippen molar-refractivity contribution in [2.75, 3.05) is 0 Å². The highest BCUT2D eigenvalue weighted by Crippen LogP contribution is 2.32. The molecule has 0 bridgehead atoms. The van der Waals surface area contributed by atoms with Gasteiger partial charge in [-0.1, -0.05) is 83.3 Å². The maximum atomic E-state index is 10.3. The Morgan fingerprint density at radius 2 is 1.41 bits per heavy atom. The zero-order valence-electron chi connectivity index (χ0n) is 17.7. The van der Waals surface area contributed by atoms with Crippen LogP contribution in [0.2, 0.25) is 0 Å². The Morgan fingerprint density at radius 1 is 0.926 bits per heavy atom. The van der Waals surface area contributed by atoms with Crippen LogP contribution in [0.4, 0.5) is 0 Å². The minimum atomic E-state index is -0.664. The first kappa shape index (κ1) is 26.1. The molecule has 1 saturated carbocycles. The first-order valence-electron chi connectivity index (χ1n) is 11.4. The van der Waals surface area contributed by atoms with E-state index in [1.54, 1.807) is 0 Å². The Kier molecular flexibility index (Phi) is 19.2. The average molecular weight is 384 g/mol. The molecule has 0 aromatic rings. The molecule has 1 atom stereocenters. The van der Waals surface area contributed by atoms with Crippen LogP contribution >= 0.6 is 0 Å². The fourth-order valence-corrected chi connectivity index (χ4v) is 3.04. The second kappa shape index (κ2) is 19.9. The van der Waals surface area contributed by atoms with Gasteiger partial charge in [-0.2, -0.15) is 0 Å². The topological polar surface area (TPSA) is 83.5 Å². The predicted octanol–water partition coefficient (Wildman–Crippen LogP) is 6.17. The normalized spacial score (nSPS) is 14.8. The van der Waals surface area contributed by atoms with Gasteiger partial charge >= 0.3 is 5.97 Å². The number of hydrogen-bond acceptors (Lipinski definition) is 3. The Morgan fingerprint density at radius 3 is 1.81 bits per heavy atom. The number of carbonyl (C=O) groups is 1. The van der Waals surface area contributed by atoms with E-state index in [-0.39, 0.29) is 0 Å². The summed E-state index contributed by atoms with van der Waals surface area (Å²) in [5.74, 6) is 0.0858. The number of allylic oxidation sites excluding steroid dienone is 2. The maximum Gasteiger partial charge on any atom is 0.303 e. The molecule has 0 aromatic heterocycles. The lowest BCUT2D eigenvalue weighted by molar-refractivity contribution is -0.137. The average Bonchev–Trinajstić information content (AvgIpc) is 3.42. The van der Waals surface area contributed by atoms with Crippen molar-refractivity contribution in [1.29, 1.82) is 0 Å². The molecule has 0 heterocycles. The number of carboxylic acids is 1. The van der Waals surface area contributed by atoms with Crippen molar-refractivity contribution in [3.8, 4) is 0 Å². The third-order valence-corrected chi connectivity index (χ3v) is 4.92. The number of aliphatic hydroxyl groups excluding tert-OH is 1. The van der Waals surface area contributed by atoms with E-state index >= 15 is 0 Å². The summed E-state index contributed by atoms with van der Waals surface area (Å²) in [6, 6.07) is 0. The predicted molar refractivity (Wildman–Crippen MR) is 115 cm³/mol. The zero-order chi connectivity index (χ0) is 20.2. The summed E-state index contributed by atoms with van der Waals surface area (Å²) in [6.45, 7) is 2.26. The highest BCUT2D eigenvalue weighted by molar-refractivity contribution is 5.66. The highest BCUT2D eigenvalue weighted by atomic mass is 16.4. The lowest BCUT2D eigenvalue weighted by Gasteiger charge is -1.99. The second-order valence-electron chi connectivity index (χ2n) is 7.97. The molecule has 4 N–H and O–H groups in total. The second-order valence-corrected chi connectivity index (χ2v) is 7.97. The third kappa shape index (κ3) is 25.1. The van der Waals surface area contributed by atoms with Gasteiger partial charge in [0.25, 0.3) is 0 Å². The van der Waals surface area contributed by atoms with Crippen molar-refractivity contribution in [1.82, 2.24) is 0 Å². The number of hydrogen-bond donors (Lipinski definition) is 3. The van der Waals surface area contributed by atoms with E-state index in [2.05, 4.69) is 19.1 Å². The van der Waals surface area contributed by atoms with Gasteiger partial charge < -0.3 is 15.9 Å². The van der Waals surface area contributed by atoms with Crippen LogP contribution in [0.5, 0.6) is 0 Å². The molecule has 0 spiro atoms. The van der Waals surface area contributed by atoms with Crippen LogP contribution in [0.3, 0.4) is 0 Å². The first-order chi connectivity index (χ1) is 13.1. The van der Waals surface area contributed by atoms with E-state index in [4.69, 9.17) is 15.9 Å². The lowest BCUT2D eigenvalue weighted by Crippen LogP contribution is -2.18. The molecule has 1 aliphatic rings. The number of carboxylic acid groups (broad SMARTS) is 1. The summed E-state index contributed by atoms with van der Waals surface area (Å²) in [5.41, 5.74) is 5.09. The third-order valence-electron chi connectivity index (χ3n) is 4.92. The van der Waals surface area contributed by atoms with Crippen molar-refractivity contribution < 1.29 is 15.0 Å². The van der Waals surface area contributed by atoms with Crippen molar-refractivity contribution in [3.05, 3.63) is 12.2 Å². The van der Waals surface area contributed by atoms with Gasteiger partial charge in [0.1, 0.15) is 6.23 Å². The van der Waals surface area contributed by atoms with E-state index in [1.165, 1.54) is 83.5 Å². The van der Waals surface area contributed by atoms with Gasteiger partial charge in [0, 0.05) is 6.42 Å². The van der Waals surface area contributed by atoms with Crippen LogP contribution in [-0.4, -0.2) is 22.4 Å². The Labute approximate surface area is 167 Å². The zero-order valence-corrected chi connectivity index (χ0v) is 17.7. The molecule has 1 rings (SSSR count). The van der Waals surface area contributed by atoms with Crippen molar-refractivity contribution >= 4 is 5.97 Å². The van der Waals surface area contributed by atoms with E-state index < -0.39 is 12.2 Å². The molecule has 0 aliphatic heterocycles. The molecule has 1 fully saturated rings. The number of aliphatic carboxylic acids is 1. The Bertz CT molecular complexity index is 352. The van der Waals surface area contributed by atoms with Crippen molar-refractivity contribution in [2.24, 2.45) is 11.7 Å². The quantitative estimate of drug-likeness (QED) is 0.159. The summed E-state index contributed by atoms with van der Waals surface area (Å²) in [7, 11) is 0. The van der Waals surface area contributed by atoms with Gasteiger partial charge in [-0.15, -0.1) is 0 Å². The Balaban J connectivity index is 0.000000797. The molecular weight excluding hydrogens is 338 g/mol. The van der Waals surface area contributed by atoms with E-state index in [9.17, 15) is 4.79 Å². The van der Waals surface area contributed by atoms with Gasteiger partial charge in [0.2, 0.25) is 0 Å². The molecule has 0 amide bonds. The summed E-state index contributed by atoms with van der Waals surface area (Å²) >= 11 is 0. The van der Waals surface area contributed by atoms with Crippen LogP contribution in [0.25, 0.3) is 0 Å². The summed E-state index contributed by atoms with van der Waals surface area (Å²) in [5, 5.41) is 17.0. The molecule has 27 heavy (non-hydrogen) atoms. The molecule has 1 aliphatic carbocycles. The SMILES string of the molecule is CCCCCCCC/C=C\CCCCCCCC(=O)O.NC(O)CC1CC1. The summed E-state index contributed by atoms with van der Waals surface area (Å²) in [4.78, 5) is 10.3. The van der Waals surface area contributed by atoms with E-state index in [0.29, 0.717) is 6.42 Å². The molecule has 160 valence electrons. The van der Waals surface area contributed by atoms with Crippen LogP contribution in [-0.2, 0) is 4.79 Å². The number of unbranched alkanes of at least 4 members (excludes halogenated alkanes) is 11. The van der Waals surface area contributed by atoms with Crippen LogP contribution in [0.15, 0.2) is 12.2 Å². The minimum absolute atomic E-state index is 0.332. The smallest absolute Gasteiger partial charge is 0.303 e. The lowest BCUT2D eigenvalue weighted by atomic mass is 10.1. The summed E-state index contributed by atoms with van der Waals surface area (Å²) < 4.78 is 0. The fourth-order valence-electron chi connectivity index (χ4n) is 3.04. The summed E-state index contributed by atoms with van der Waals surface area (Å²) in [6.07, 6.45) is 24.0. The van der Waals surface area contributed by atoms with Crippen molar-refractivity contribution in [2.45, 2.75) is 122 Å². The van der Waals surface area contributed by atoms with Gasteiger partial charge in [0.05, 0.1) is 0 Å². The van der Waals surface area contributed by atoms with Gasteiger partial charge in [0.15, 0.2) is 0 Å². The molecule has 1 unspecified atom stereocenters. The largest absolute Gasteiger partial charge is 0.481 e. The van der Waals surface area contributed by atoms with E-state index in [0.717, 1.165) is 25.2 Å². The highest BCUT2D eigenvalue weighted by Gasteiger charge is 2.22. The molecule has 0 aromatic carbocycles. The van der Waals surface area contributed by atoms with E-state index in [1.807, 2.05) is 0 Å². The molecular formula is C23H45NO3. The van der Waals surface area contributed by atoms with Gasteiger partial charge in [-0.25, -0.2) is 0 Å². The fraction of sp³-hybridized carbons (Fsp3) is 0.870. The van der Waals surface area contributed by atoms with Gasteiger partial charge in [-0.05, 0) is 44.4 Å². The molecule has 0 radical (unpaired) electrons.